The lowest BCUT2D eigenvalue weighted by molar-refractivity contribution is 0.544. The lowest BCUT2D eigenvalue weighted by atomic mass is 10.0. The molecule has 0 unspecified atom stereocenters. The zero-order valence-corrected chi connectivity index (χ0v) is 28.2. The molecule has 4 N–H and O–H groups in total. The van der Waals surface area contributed by atoms with Crippen LogP contribution in [0.1, 0.15) is 179 Å². The SMILES string of the molecule is CCCCCCCCCCCCCCc1ccc(N)cc1.CCCCCCCCCCCCCCc1ccc(N)cc1. The van der Waals surface area contributed by atoms with Crippen molar-refractivity contribution in [1.29, 1.82) is 0 Å². The third-order valence-electron chi connectivity index (χ3n) is 8.60. The number of rotatable bonds is 26. The maximum absolute atomic E-state index is 5.69. The molecule has 2 heteroatoms. The van der Waals surface area contributed by atoms with Crippen molar-refractivity contribution in [2.45, 2.75) is 181 Å². The zero-order chi connectivity index (χ0) is 30.4. The van der Waals surface area contributed by atoms with Gasteiger partial charge in [-0.3, -0.25) is 0 Å². The number of hydrogen-bond acceptors (Lipinski definition) is 2. The topological polar surface area (TPSA) is 52.0 Å². The molecule has 0 aliphatic rings. The molecule has 0 aliphatic carbocycles. The van der Waals surface area contributed by atoms with Gasteiger partial charge in [0.05, 0.1) is 0 Å². The van der Waals surface area contributed by atoms with E-state index in [4.69, 9.17) is 11.5 Å². The van der Waals surface area contributed by atoms with Gasteiger partial charge in [-0.25, -0.2) is 0 Å². The number of hydrogen-bond donors (Lipinski definition) is 2. The van der Waals surface area contributed by atoms with Crippen LogP contribution < -0.4 is 11.5 Å². The molecule has 2 rings (SSSR count). The van der Waals surface area contributed by atoms with E-state index in [1.807, 2.05) is 24.3 Å². The van der Waals surface area contributed by atoms with Crippen LogP contribution in [0.25, 0.3) is 0 Å². The molecule has 0 saturated heterocycles. The van der Waals surface area contributed by atoms with E-state index in [0.717, 1.165) is 11.4 Å². The average Bonchev–Trinajstić information content (AvgIpc) is 3.00. The first-order valence-corrected chi connectivity index (χ1v) is 18.3. The van der Waals surface area contributed by atoms with E-state index < -0.39 is 0 Å². The Morgan fingerprint density at radius 2 is 0.524 bits per heavy atom. The maximum Gasteiger partial charge on any atom is 0.0314 e. The Morgan fingerprint density at radius 1 is 0.310 bits per heavy atom. The Labute approximate surface area is 262 Å². The molecule has 0 aromatic heterocycles. The third-order valence-corrected chi connectivity index (χ3v) is 8.60. The highest BCUT2D eigenvalue weighted by atomic mass is 14.5. The number of nitrogens with two attached hydrogens (primary N) is 2. The van der Waals surface area contributed by atoms with E-state index in [1.165, 1.54) is 178 Å². The molecule has 0 aliphatic heterocycles. The van der Waals surface area contributed by atoms with Crippen LogP contribution in [0.2, 0.25) is 0 Å². The summed E-state index contributed by atoms with van der Waals surface area (Å²) in [6.07, 6.45) is 36.4. The van der Waals surface area contributed by atoms with E-state index in [9.17, 15) is 0 Å². The largest absolute Gasteiger partial charge is 0.399 e. The molecule has 0 atom stereocenters. The first-order valence-electron chi connectivity index (χ1n) is 18.3. The van der Waals surface area contributed by atoms with Crippen molar-refractivity contribution in [3.63, 3.8) is 0 Å². The summed E-state index contributed by atoms with van der Waals surface area (Å²) in [5.41, 5.74) is 16.0. The van der Waals surface area contributed by atoms with Crippen LogP contribution in [0.15, 0.2) is 48.5 Å². The Morgan fingerprint density at radius 3 is 0.762 bits per heavy atom. The predicted molar refractivity (Wildman–Crippen MR) is 191 cm³/mol. The van der Waals surface area contributed by atoms with Gasteiger partial charge in [0.25, 0.3) is 0 Å². The summed E-state index contributed by atoms with van der Waals surface area (Å²) in [4.78, 5) is 0. The van der Waals surface area contributed by atoms with Crippen molar-refractivity contribution in [3.8, 4) is 0 Å². The fourth-order valence-corrected chi connectivity index (χ4v) is 5.71. The van der Waals surface area contributed by atoms with Gasteiger partial charge in [0.1, 0.15) is 0 Å². The van der Waals surface area contributed by atoms with Gasteiger partial charge >= 0.3 is 0 Å². The van der Waals surface area contributed by atoms with Crippen LogP contribution >= 0.6 is 0 Å². The number of unbranched alkanes of at least 4 members (excludes halogenated alkanes) is 22. The number of aryl methyl sites for hydroxylation is 2. The van der Waals surface area contributed by atoms with Crippen molar-refractivity contribution >= 4 is 11.4 Å². The van der Waals surface area contributed by atoms with Crippen molar-refractivity contribution in [1.82, 2.24) is 0 Å². The second-order valence-electron chi connectivity index (χ2n) is 12.8. The molecule has 0 radical (unpaired) electrons. The molecule has 0 amide bonds. The van der Waals surface area contributed by atoms with Gasteiger partial charge in [0.2, 0.25) is 0 Å². The normalized spacial score (nSPS) is 10.9. The van der Waals surface area contributed by atoms with Crippen molar-refractivity contribution in [2.75, 3.05) is 11.5 Å². The second-order valence-corrected chi connectivity index (χ2v) is 12.8. The molecule has 0 saturated carbocycles. The Balaban J connectivity index is 0.000000420. The Bertz CT molecular complexity index is 726. The summed E-state index contributed by atoms with van der Waals surface area (Å²) in [6.45, 7) is 4.57. The lowest BCUT2D eigenvalue weighted by Crippen LogP contribution is -1.88. The first kappa shape index (κ1) is 38.1. The van der Waals surface area contributed by atoms with Crippen LogP contribution in [0.3, 0.4) is 0 Å². The van der Waals surface area contributed by atoms with Gasteiger partial charge in [0, 0.05) is 11.4 Å². The smallest absolute Gasteiger partial charge is 0.0314 e. The molecular weight excluding hydrogens is 508 g/mol. The van der Waals surface area contributed by atoms with Crippen molar-refractivity contribution in [2.24, 2.45) is 0 Å². The zero-order valence-electron chi connectivity index (χ0n) is 28.2. The Hall–Kier alpha value is -1.96. The van der Waals surface area contributed by atoms with E-state index >= 15 is 0 Å². The quantitative estimate of drug-likeness (QED) is 0.0861. The third kappa shape index (κ3) is 24.6. The van der Waals surface area contributed by atoms with E-state index in [0.29, 0.717) is 0 Å². The molecule has 2 aromatic carbocycles. The summed E-state index contributed by atoms with van der Waals surface area (Å²) in [5.74, 6) is 0. The van der Waals surface area contributed by atoms with Gasteiger partial charge in [-0.15, -0.1) is 0 Å². The standard InChI is InChI=1S/2C20H35N/c2*1-2-3-4-5-6-7-8-9-10-11-12-13-14-19-15-17-20(21)18-16-19/h2*15-18H,2-14,21H2,1H3. The summed E-state index contributed by atoms with van der Waals surface area (Å²) in [7, 11) is 0. The van der Waals surface area contributed by atoms with Crippen molar-refractivity contribution < 1.29 is 0 Å². The highest BCUT2D eigenvalue weighted by molar-refractivity contribution is 5.39. The molecular formula is C40H70N2. The van der Waals surface area contributed by atoms with Crippen LogP contribution in [0.4, 0.5) is 11.4 Å². The molecule has 0 bridgehead atoms. The summed E-state index contributed by atoms with van der Waals surface area (Å²) >= 11 is 0. The van der Waals surface area contributed by atoms with Crippen LogP contribution in [0.5, 0.6) is 0 Å². The average molecular weight is 579 g/mol. The van der Waals surface area contributed by atoms with E-state index in [-0.39, 0.29) is 0 Å². The first-order chi connectivity index (χ1) is 20.7. The molecule has 0 spiro atoms. The number of anilines is 2. The monoisotopic (exact) mass is 579 g/mol. The van der Waals surface area contributed by atoms with Gasteiger partial charge in [-0.1, -0.05) is 179 Å². The number of benzene rings is 2. The molecule has 0 fully saturated rings. The van der Waals surface area contributed by atoms with Crippen LogP contribution in [0, 0.1) is 0 Å². The minimum absolute atomic E-state index is 0.869. The summed E-state index contributed by atoms with van der Waals surface area (Å²) < 4.78 is 0. The second kappa shape index (κ2) is 29.1. The highest BCUT2D eigenvalue weighted by Gasteiger charge is 1.97. The molecule has 240 valence electrons. The lowest BCUT2D eigenvalue weighted by Gasteiger charge is -2.04. The fourth-order valence-electron chi connectivity index (χ4n) is 5.71. The summed E-state index contributed by atoms with van der Waals surface area (Å²) in [6, 6.07) is 16.7. The molecule has 2 nitrogen and oxygen atoms in total. The van der Waals surface area contributed by atoms with Gasteiger partial charge < -0.3 is 11.5 Å². The minimum Gasteiger partial charge on any atom is -0.399 e. The van der Waals surface area contributed by atoms with Gasteiger partial charge in [-0.2, -0.15) is 0 Å². The fraction of sp³-hybridized carbons (Fsp3) is 0.700. The highest BCUT2D eigenvalue weighted by Crippen LogP contribution is 2.15. The molecule has 42 heavy (non-hydrogen) atoms. The molecule has 2 aromatic rings. The van der Waals surface area contributed by atoms with Crippen molar-refractivity contribution in [3.05, 3.63) is 59.7 Å². The predicted octanol–water partition coefficient (Wildman–Crippen LogP) is 13.0. The van der Waals surface area contributed by atoms with Gasteiger partial charge in [0.15, 0.2) is 0 Å². The summed E-state index contributed by atoms with van der Waals surface area (Å²) in [5, 5.41) is 0. The van der Waals surface area contributed by atoms with E-state index in [2.05, 4.69) is 38.1 Å². The van der Waals surface area contributed by atoms with Gasteiger partial charge in [-0.05, 0) is 61.1 Å². The minimum atomic E-state index is 0.869. The van der Waals surface area contributed by atoms with E-state index in [1.54, 1.807) is 0 Å². The van der Waals surface area contributed by atoms with Crippen LogP contribution in [-0.4, -0.2) is 0 Å². The Kier molecular flexibility index (Phi) is 26.4. The van der Waals surface area contributed by atoms with Crippen LogP contribution in [-0.2, 0) is 12.8 Å². The molecule has 0 heterocycles. The number of nitrogen functional groups attached to an aromatic ring is 2. The maximum atomic E-state index is 5.69.